The van der Waals surface area contributed by atoms with E-state index in [0.717, 1.165) is 59.1 Å². The number of halogens is 2. The Morgan fingerprint density at radius 3 is 2.64 bits per heavy atom. The van der Waals surface area contributed by atoms with Crippen LogP contribution >= 0.6 is 39.3 Å². The molecule has 33 heavy (non-hydrogen) atoms. The molecule has 0 atom stereocenters. The first kappa shape index (κ1) is 24.5. The first-order valence-corrected chi connectivity index (χ1v) is 13.4. The van der Waals surface area contributed by atoms with E-state index in [-0.39, 0.29) is 5.56 Å². The van der Waals surface area contributed by atoms with Crippen LogP contribution in [0.25, 0.3) is 10.9 Å². The van der Waals surface area contributed by atoms with Crippen molar-refractivity contribution < 1.29 is 0 Å². The average molecular weight is 551 g/mol. The van der Waals surface area contributed by atoms with Gasteiger partial charge in [0.05, 0.1) is 16.6 Å². The van der Waals surface area contributed by atoms with Crippen LogP contribution in [0.1, 0.15) is 26.3 Å². The summed E-state index contributed by atoms with van der Waals surface area (Å²) in [4.78, 5) is 23.8. The van der Waals surface area contributed by atoms with Gasteiger partial charge in [-0.3, -0.25) is 20.0 Å². The van der Waals surface area contributed by atoms with Crippen molar-refractivity contribution in [3.05, 3.63) is 62.1 Å². The lowest BCUT2D eigenvalue weighted by molar-refractivity contribution is 0.104. The van der Waals surface area contributed by atoms with Crippen LogP contribution < -0.4 is 11.0 Å². The summed E-state index contributed by atoms with van der Waals surface area (Å²) in [5.74, 6) is 0.920. The number of nitrogens with one attached hydrogen (secondary N) is 1. The number of anilines is 1. The third kappa shape index (κ3) is 5.74. The molecule has 3 aromatic rings. The Kier molecular flexibility index (Phi) is 8.02. The molecule has 1 fully saturated rings. The van der Waals surface area contributed by atoms with E-state index in [4.69, 9.17) is 11.6 Å². The number of benzene rings is 2. The lowest BCUT2D eigenvalue weighted by atomic mass is 10.1. The fraction of sp³-hybridized carbons (Fsp3) is 0.417. The van der Waals surface area contributed by atoms with E-state index in [1.165, 1.54) is 4.68 Å². The summed E-state index contributed by atoms with van der Waals surface area (Å²) in [6, 6.07) is 10.1. The molecule has 0 amide bonds. The molecule has 2 heterocycles. The van der Waals surface area contributed by atoms with Crippen LogP contribution in [-0.2, 0) is 6.54 Å². The molecule has 0 radical (unpaired) electrons. The van der Waals surface area contributed by atoms with Crippen molar-refractivity contribution in [3.8, 4) is 0 Å². The summed E-state index contributed by atoms with van der Waals surface area (Å²) in [6.45, 7) is 11.7. The Morgan fingerprint density at radius 1 is 1.18 bits per heavy atom. The number of fused-ring (bicyclic) bond motifs is 1. The largest absolute Gasteiger partial charge is 0.298 e. The number of nitrogens with zero attached hydrogens (tertiary/aromatic N) is 4. The van der Waals surface area contributed by atoms with Crippen LogP contribution in [0.2, 0.25) is 5.02 Å². The Bertz CT molecular complexity index is 1190. The second kappa shape index (κ2) is 10.8. The van der Waals surface area contributed by atoms with E-state index in [0.29, 0.717) is 22.0 Å². The maximum Gasteiger partial charge on any atom is 0.280 e. The van der Waals surface area contributed by atoms with Gasteiger partial charge in [-0.05, 0) is 55.5 Å². The zero-order chi connectivity index (χ0) is 23.5. The zero-order valence-corrected chi connectivity index (χ0v) is 22.3. The Hall–Kier alpha value is -1.58. The van der Waals surface area contributed by atoms with Gasteiger partial charge in [-0.1, -0.05) is 34.5 Å². The van der Waals surface area contributed by atoms with Gasteiger partial charge in [-0.15, -0.1) is 11.8 Å². The van der Waals surface area contributed by atoms with Crippen molar-refractivity contribution in [2.75, 3.05) is 37.4 Å². The van der Waals surface area contributed by atoms with Gasteiger partial charge in [0.15, 0.2) is 0 Å². The quantitative estimate of drug-likeness (QED) is 0.402. The molecule has 9 heteroatoms. The normalized spacial score (nSPS) is 15.5. The molecule has 1 N–H and O–H groups in total. The van der Waals surface area contributed by atoms with E-state index >= 15 is 0 Å². The van der Waals surface area contributed by atoms with E-state index < -0.39 is 0 Å². The Balaban J connectivity index is 1.57. The molecule has 0 spiro atoms. The Morgan fingerprint density at radius 2 is 1.94 bits per heavy atom. The van der Waals surface area contributed by atoms with Crippen LogP contribution in [0.5, 0.6) is 0 Å². The number of hydrogen-bond donors (Lipinski definition) is 1. The second-order valence-electron chi connectivity index (χ2n) is 8.47. The standard InChI is InChI=1S/C24H29BrClN5OS/c1-4-33-23-6-5-18(26)12-22(23)28-31-15-27-21-11-17(20(25)13-19(21)24(31)32)14-29-7-9-30(10-8-29)16(2)3/h5-6,11-13,15-16,28H,4,7-10,14H2,1-3H3. The van der Waals surface area contributed by atoms with Gasteiger partial charge in [-0.2, -0.15) is 0 Å². The molecule has 0 saturated carbocycles. The van der Waals surface area contributed by atoms with Crippen molar-refractivity contribution in [2.45, 2.75) is 38.3 Å². The smallest absolute Gasteiger partial charge is 0.280 e. The highest BCUT2D eigenvalue weighted by molar-refractivity contribution is 9.10. The molecule has 6 nitrogen and oxygen atoms in total. The summed E-state index contributed by atoms with van der Waals surface area (Å²) in [5.41, 5.74) is 5.67. The van der Waals surface area contributed by atoms with Gasteiger partial charge in [0.2, 0.25) is 0 Å². The summed E-state index contributed by atoms with van der Waals surface area (Å²) >= 11 is 11.6. The van der Waals surface area contributed by atoms with Crippen LogP contribution in [0, 0.1) is 0 Å². The molecule has 1 aliphatic rings. The number of hydrogen-bond acceptors (Lipinski definition) is 6. The van der Waals surface area contributed by atoms with Gasteiger partial charge in [0, 0.05) is 53.2 Å². The summed E-state index contributed by atoms with van der Waals surface area (Å²) in [7, 11) is 0. The van der Waals surface area contributed by atoms with E-state index in [1.807, 2.05) is 30.3 Å². The average Bonchev–Trinajstić information content (AvgIpc) is 2.79. The van der Waals surface area contributed by atoms with Crippen LogP contribution in [0.3, 0.4) is 0 Å². The van der Waals surface area contributed by atoms with Gasteiger partial charge < -0.3 is 0 Å². The number of rotatable bonds is 7. The summed E-state index contributed by atoms with van der Waals surface area (Å²) in [5, 5.41) is 1.18. The summed E-state index contributed by atoms with van der Waals surface area (Å²) in [6.07, 6.45) is 1.55. The second-order valence-corrected chi connectivity index (χ2v) is 11.1. The van der Waals surface area contributed by atoms with Crippen molar-refractivity contribution in [1.29, 1.82) is 0 Å². The highest BCUT2D eigenvalue weighted by atomic mass is 79.9. The molecule has 0 aliphatic carbocycles. The SMILES string of the molecule is CCSc1ccc(Cl)cc1Nn1cnc2cc(CN3CCN(C(C)C)CC3)c(Br)cc2c1=O. The van der Waals surface area contributed by atoms with Gasteiger partial charge >= 0.3 is 0 Å². The molecule has 0 bridgehead atoms. The van der Waals surface area contributed by atoms with Crippen molar-refractivity contribution >= 4 is 55.9 Å². The zero-order valence-electron chi connectivity index (χ0n) is 19.1. The molecule has 1 aromatic heterocycles. The van der Waals surface area contributed by atoms with Gasteiger partial charge in [-0.25, -0.2) is 9.66 Å². The molecule has 2 aromatic carbocycles. The highest BCUT2D eigenvalue weighted by Gasteiger charge is 2.20. The van der Waals surface area contributed by atoms with Crippen molar-refractivity contribution in [3.63, 3.8) is 0 Å². The minimum absolute atomic E-state index is 0.148. The third-order valence-electron chi connectivity index (χ3n) is 5.94. The predicted molar refractivity (Wildman–Crippen MR) is 143 cm³/mol. The number of thioether (sulfide) groups is 1. The van der Waals surface area contributed by atoms with Gasteiger partial charge in [0.1, 0.15) is 6.33 Å². The van der Waals surface area contributed by atoms with Crippen molar-refractivity contribution in [1.82, 2.24) is 19.5 Å². The third-order valence-corrected chi connectivity index (χ3v) is 7.87. The van der Waals surface area contributed by atoms with Crippen LogP contribution in [0.15, 0.2) is 50.8 Å². The lowest BCUT2D eigenvalue weighted by Gasteiger charge is -2.37. The van der Waals surface area contributed by atoms with E-state index in [1.54, 1.807) is 18.1 Å². The molecule has 0 unspecified atom stereocenters. The number of piperazine rings is 1. The fourth-order valence-corrected chi connectivity index (χ4v) is 5.44. The number of aromatic nitrogens is 2. The highest BCUT2D eigenvalue weighted by Crippen LogP contribution is 2.30. The lowest BCUT2D eigenvalue weighted by Crippen LogP contribution is -2.48. The molecule has 4 rings (SSSR count). The Labute approximate surface area is 212 Å². The maximum absolute atomic E-state index is 13.2. The van der Waals surface area contributed by atoms with Crippen LogP contribution in [0.4, 0.5) is 5.69 Å². The first-order chi connectivity index (χ1) is 15.9. The monoisotopic (exact) mass is 549 g/mol. The summed E-state index contributed by atoms with van der Waals surface area (Å²) < 4.78 is 2.35. The maximum atomic E-state index is 13.2. The molecule has 1 aliphatic heterocycles. The van der Waals surface area contributed by atoms with E-state index in [2.05, 4.69) is 56.9 Å². The van der Waals surface area contributed by atoms with E-state index in [9.17, 15) is 4.79 Å². The fourth-order valence-electron chi connectivity index (χ4n) is 4.07. The minimum atomic E-state index is -0.148. The molecular weight excluding hydrogens is 522 g/mol. The topological polar surface area (TPSA) is 53.4 Å². The molecular formula is C24H29BrClN5OS. The van der Waals surface area contributed by atoms with Gasteiger partial charge in [0.25, 0.3) is 5.56 Å². The molecule has 176 valence electrons. The van der Waals surface area contributed by atoms with Crippen LogP contribution in [-0.4, -0.2) is 57.4 Å². The minimum Gasteiger partial charge on any atom is -0.298 e. The molecule has 1 saturated heterocycles. The predicted octanol–water partition coefficient (Wildman–Crippen LogP) is 5.33. The van der Waals surface area contributed by atoms with Crippen molar-refractivity contribution in [2.24, 2.45) is 0 Å². The first-order valence-electron chi connectivity index (χ1n) is 11.2.